The number of aromatic nitrogens is 3. The molecule has 0 amide bonds. The Morgan fingerprint density at radius 1 is 0.294 bits per heavy atom. The van der Waals surface area contributed by atoms with Crippen molar-refractivity contribution in [1.29, 1.82) is 0 Å². The first kappa shape index (κ1) is 29.0. The summed E-state index contributed by atoms with van der Waals surface area (Å²) >= 11 is 0. The van der Waals surface area contributed by atoms with Crippen molar-refractivity contribution in [2.24, 2.45) is 0 Å². The van der Waals surface area contributed by atoms with Crippen molar-refractivity contribution in [1.82, 2.24) is 15.0 Å². The minimum Gasteiger partial charge on any atom is -0.455 e. The van der Waals surface area contributed by atoms with Crippen molar-refractivity contribution < 1.29 is 4.42 Å². The lowest BCUT2D eigenvalue weighted by molar-refractivity contribution is 0.669. The molecule has 0 aliphatic carbocycles. The maximum absolute atomic E-state index is 6.49. The molecule has 0 fully saturated rings. The predicted octanol–water partition coefficient (Wildman–Crippen LogP) is 12.4. The smallest absolute Gasteiger partial charge is 0.167 e. The Morgan fingerprint density at radius 2 is 0.765 bits per heavy atom. The first-order valence-electron chi connectivity index (χ1n) is 17.1. The second-order valence-electron chi connectivity index (χ2n) is 12.7. The fraction of sp³-hybridized carbons (Fsp3) is 0. The number of nitrogens with zero attached hydrogens (tertiary/aromatic N) is 3. The predicted molar refractivity (Wildman–Crippen MR) is 209 cm³/mol. The van der Waals surface area contributed by atoms with Gasteiger partial charge in [0.15, 0.2) is 17.5 Å². The third-order valence-electron chi connectivity index (χ3n) is 9.78. The molecule has 0 aliphatic rings. The van der Waals surface area contributed by atoms with Crippen molar-refractivity contribution in [2.45, 2.75) is 0 Å². The highest BCUT2D eigenvalue weighted by atomic mass is 16.3. The molecule has 4 nitrogen and oxygen atoms in total. The van der Waals surface area contributed by atoms with Crippen LogP contribution in [-0.2, 0) is 0 Å². The van der Waals surface area contributed by atoms with E-state index in [4.69, 9.17) is 19.4 Å². The standard InChI is InChI=1S/C47H29N3O/c1-2-14-30(15-3-1)33-19-6-7-21-40(33)45-48-46(50-47(49-45)42-28-13-26-39-38-20-8-9-29-43(38)51-44(39)42)41-27-12-24-36-35(23-11-25-37(36)41)34-22-10-17-31-16-4-5-18-32(31)34/h1-29H. The lowest BCUT2D eigenvalue weighted by Gasteiger charge is -2.14. The minimum atomic E-state index is 0.560. The average Bonchev–Trinajstić information content (AvgIpc) is 3.59. The molecule has 0 saturated heterocycles. The van der Waals surface area contributed by atoms with E-state index in [0.29, 0.717) is 17.5 Å². The quantitative estimate of drug-likeness (QED) is 0.186. The van der Waals surface area contributed by atoms with Crippen molar-refractivity contribution in [2.75, 3.05) is 0 Å². The molecular formula is C47H29N3O. The summed E-state index contributed by atoms with van der Waals surface area (Å²) in [5, 5.41) is 6.74. The van der Waals surface area contributed by atoms with Crippen LogP contribution in [0.25, 0.3) is 99.9 Å². The Balaban J connectivity index is 1.24. The number of para-hydroxylation sites is 2. The first-order chi connectivity index (χ1) is 25.3. The summed E-state index contributed by atoms with van der Waals surface area (Å²) in [7, 11) is 0. The van der Waals surface area contributed by atoms with Gasteiger partial charge in [-0.25, -0.2) is 15.0 Å². The number of furan rings is 1. The third-order valence-corrected chi connectivity index (χ3v) is 9.78. The summed E-state index contributed by atoms with van der Waals surface area (Å²) in [5.41, 5.74) is 8.80. The van der Waals surface area contributed by atoms with E-state index >= 15 is 0 Å². The Kier molecular flexibility index (Phi) is 6.78. The van der Waals surface area contributed by atoms with E-state index in [-0.39, 0.29) is 0 Å². The molecule has 10 rings (SSSR count). The summed E-state index contributed by atoms with van der Waals surface area (Å²) in [6.07, 6.45) is 0. The Morgan fingerprint density at radius 3 is 1.57 bits per heavy atom. The highest BCUT2D eigenvalue weighted by molar-refractivity contribution is 6.10. The van der Waals surface area contributed by atoms with Gasteiger partial charge in [0.2, 0.25) is 0 Å². The molecule has 0 saturated carbocycles. The van der Waals surface area contributed by atoms with Crippen LogP contribution < -0.4 is 0 Å². The van der Waals surface area contributed by atoms with Crippen LogP contribution in [-0.4, -0.2) is 15.0 Å². The Labute approximate surface area is 294 Å². The number of hydrogen-bond donors (Lipinski definition) is 0. The van der Waals surface area contributed by atoms with Gasteiger partial charge in [-0.15, -0.1) is 0 Å². The van der Waals surface area contributed by atoms with Crippen LogP contribution in [0.3, 0.4) is 0 Å². The van der Waals surface area contributed by atoms with Gasteiger partial charge in [-0.1, -0.05) is 164 Å². The van der Waals surface area contributed by atoms with Crippen LogP contribution in [0.1, 0.15) is 0 Å². The van der Waals surface area contributed by atoms with Crippen LogP contribution in [0.15, 0.2) is 180 Å². The molecule has 8 aromatic carbocycles. The summed E-state index contributed by atoms with van der Waals surface area (Å²) in [5.74, 6) is 1.76. The average molecular weight is 652 g/mol. The normalized spacial score (nSPS) is 11.5. The number of hydrogen-bond acceptors (Lipinski definition) is 4. The topological polar surface area (TPSA) is 51.8 Å². The molecule has 0 atom stereocenters. The molecule has 4 heteroatoms. The molecule has 0 bridgehead atoms. The van der Waals surface area contributed by atoms with Gasteiger partial charge in [-0.05, 0) is 55.9 Å². The number of benzene rings is 8. The van der Waals surface area contributed by atoms with Gasteiger partial charge in [-0.3, -0.25) is 0 Å². The van der Waals surface area contributed by atoms with Crippen molar-refractivity contribution >= 4 is 43.5 Å². The van der Waals surface area contributed by atoms with E-state index in [1.165, 1.54) is 21.9 Å². The molecule has 238 valence electrons. The van der Waals surface area contributed by atoms with Crippen LogP contribution in [0.5, 0.6) is 0 Å². The lowest BCUT2D eigenvalue weighted by Crippen LogP contribution is -2.01. The second-order valence-corrected chi connectivity index (χ2v) is 12.7. The van der Waals surface area contributed by atoms with E-state index < -0.39 is 0 Å². The molecule has 0 N–H and O–H groups in total. The summed E-state index contributed by atoms with van der Waals surface area (Å²) in [4.78, 5) is 15.7. The van der Waals surface area contributed by atoms with Crippen molar-refractivity contribution in [3.05, 3.63) is 176 Å². The van der Waals surface area contributed by atoms with Crippen molar-refractivity contribution in [3.8, 4) is 56.4 Å². The largest absolute Gasteiger partial charge is 0.455 e. The van der Waals surface area contributed by atoms with Gasteiger partial charge in [0, 0.05) is 21.9 Å². The summed E-state index contributed by atoms with van der Waals surface area (Å²) in [6, 6.07) is 61.0. The van der Waals surface area contributed by atoms with E-state index in [2.05, 4.69) is 140 Å². The Hall–Kier alpha value is -6.91. The molecule has 51 heavy (non-hydrogen) atoms. The maximum atomic E-state index is 6.49. The van der Waals surface area contributed by atoms with Crippen molar-refractivity contribution in [3.63, 3.8) is 0 Å². The zero-order valence-electron chi connectivity index (χ0n) is 27.5. The lowest BCUT2D eigenvalue weighted by atomic mass is 9.92. The molecule has 0 spiro atoms. The summed E-state index contributed by atoms with van der Waals surface area (Å²) in [6.45, 7) is 0. The molecule has 0 radical (unpaired) electrons. The van der Waals surface area contributed by atoms with Crippen LogP contribution in [0.2, 0.25) is 0 Å². The maximum Gasteiger partial charge on any atom is 0.167 e. The molecule has 10 aromatic rings. The van der Waals surface area contributed by atoms with E-state index in [9.17, 15) is 0 Å². The fourth-order valence-electron chi connectivity index (χ4n) is 7.41. The van der Waals surface area contributed by atoms with Gasteiger partial charge < -0.3 is 4.42 Å². The SMILES string of the molecule is c1ccc(-c2ccccc2-c2nc(-c3cccc4c(-c5cccc6ccccc56)cccc34)nc(-c3cccc4c3oc3ccccc34)n2)cc1. The van der Waals surface area contributed by atoms with Gasteiger partial charge in [0.25, 0.3) is 0 Å². The van der Waals surface area contributed by atoms with Crippen LogP contribution >= 0.6 is 0 Å². The molecular weight excluding hydrogens is 623 g/mol. The highest BCUT2D eigenvalue weighted by Crippen LogP contribution is 2.40. The Bertz CT molecular complexity index is 2920. The third kappa shape index (κ3) is 4.88. The molecule has 2 aromatic heterocycles. The van der Waals surface area contributed by atoms with Crippen LogP contribution in [0.4, 0.5) is 0 Å². The fourth-order valence-corrected chi connectivity index (χ4v) is 7.41. The van der Waals surface area contributed by atoms with Crippen LogP contribution in [0, 0.1) is 0 Å². The molecule has 0 aliphatic heterocycles. The van der Waals surface area contributed by atoms with Gasteiger partial charge in [-0.2, -0.15) is 0 Å². The monoisotopic (exact) mass is 651 g/mol. The zero-order valence-corrected chi connectivity index (χ0v) is 27.5. The molecule has 0 unspecified atom stereocenters. The van der Waals surface area contributed by atoms with Gasteiger partial charge in [0.1, 0.15) is 11.2 Å². The minimum absolute atomic E-state index is 0.560. The van der Waals surface area contributed by atoms with Gasteiger partial charge in [0.05, 0.1) is 5.56 Å². The summed E-state index contributed by atoms with van der Waals surface area (Å²) < 4.78 is 6.49. The second kappa shape index (κ2) is 11.9. The number of rotatable bonds is 5. The van der Waals surface area contributed by atoms with E-state index in [1.54, 1.807) is 0 Å². The highest BCUT2D eigenvalue weighted by Gasteiger charge is 2.20. The van der Waals surface area contributed by atoms with E-state index in [1.807, 2.05) is 36.4 Å². The zero-order chi connectivity index (χ0) is 33.7. The number of fused-ring (bicyclic) bond motifs is 5. The van der Waals surface area contributed by atoms with Gasteiger partial charge >= 0.3 is 0 Å². The molecule has 2 heterocycles. The first-order valence-corrected chi connectivity index (χ1v) is 17.1. The van der Waals surface area contributed by atoms with E-state index in [0.717, 1.165) is 60.5 Å².